The van der Waals surface area contributed by atoms with Gasteiger partial charge in [-0.2, -0.15) is 15.0 Å². The summed E-state index contributed by atoms with van der Waals surface area (Å²) in [5.74, 6) is 1.91. The van der Waals surface area contributed by atoms with Gasteiger partial charge >= 0.3 is 0 Å². The fraction of sp³-hybridized carbons (Fsp3) is 0.455. The van der Waals surface area contributed by atoms with Gasteiger partial charge in [-0.1, -0.05) is 6.92 Å². The Morgan fingerprint density at radius 3 is 2.22 bits per heavy atom. The predicted octanol–water partition coefficient (Wildman–Crippen LogP) is 0.415. The highest BCUT2D eigenvalue weighted by Gasteiger charge is 2.08. The fourth-order valence-corrected chi connectivity index (χ4v) is 1.77. The number of aromatic nitrogens is 5. The molecule has 0 spiro atoms. The van der Waals surface area contributed by atoms with Gasteiger partial charge < -0.3 is 16.5 Å². The molecular formula is C11H17N7. The minimum Gasteiger partial charge on any atom is -0.368 e. The highest BCUT2D eigenvalue weighted by molar-refractivity contribution is 5.26. The van der Waals surface area contributed by atoms with Crippen LogP contribution in [0.3, 0.4) is 0 Å². The number of aryl methyl sites for hydroxylation is 4. The van der Waals surface area contributed by atoms with E-state index in [-0.39, 0.29) is 11.9 Å². The first-order chi connectivity index (χ1) is 8.58. The largest absolute Gasteiger partial charge is 0.368 e. The van der Waals surface area contributed by atoms with E-state index in [9.17, 15) is 0 Å². The number of nitrogens with one attached hydrogen (secondary N) is 1. The molecule has 0 aromatic carbocycles. The van der Waals surface area contributed by atoms with Crippen LogP contribution in [0, 0.1) is 6.92 Å². The smallest absolute Gasteiger partial charge is 0.225 e. The van der Waals surface area contributed by atoms with Crippen LogP contribution in [0.15, 0.2) is 0 Å². The zero-order chi connectivity index (χ0) is 13.1. The molecule has 0 bridgehead atoms. The molecule has 0 fully saturated rings. The number of H-pyrrole nitrogens is 1. The van der Waals surface area contributed by atoms with Crippen LogP contribution in [-0.2, 0) is 19.3 Å². The van der Waals surface area contributed by atoms with Crippen molar-refractivity contribution in [1.82, 2.24) is 24.9 Å². The van der Waals surface area contributed by atoms with E-state index in [2.05, 4.69) is 31.8 Å². The lowest BCUT2D eigenvalue weighted by Gasteiger charge is -2.01. The summed E-state index contributed by atoms with van der Waals surface area (Å²) in [6.07, 6.45) is 2.30. The minimum atomic E-state index is 0.158. The minimum absolute atomic E-state index is 0.158. The molecule has 18 heavy (non-hydrogen) atoms. The average molecular weight is 247 g/mol. The highest BCUT2D eigenvalue weighted by atomic mass is 15.1. The number of nitrogens with zero attached hydrogens (tertiary/aromatic N) is 4. The lowest BCUT2D eigenvalue weighted by Crippen LogP contribution is -2.08. The van der Waals surface area contributed by atoms with E-state index in [0.29, 0.717) is 12.2 Å². The Bertz CT molecular complexity index is 526. The molecule has 5 N–H and O–H groups in total. The first kappa shape index (κ1) is 12.3. The van der Waals surface area contributed by atoms with Crippen LogP contribution < -0.4 is 11.5 Å². The van der Waals surface area contributed by atoms with E-state index >= 15 is 0 Å². The number of hydrogen-bond acceptors (Lipinski definition) is 6. The molecule has 2 aromatic rings. The van der Waals surface area contributed by atoms with Crippen LogP contribution in [0.5, 0.6) is 0 Å². The first-order valence-corrected chi connectivity index (χ1v) is 5.88. The van der Waals surface area contributed by atoms with Crippen LogP contribution in [0.4, 0.5) is 11.9 Å². The van der Waals surface area contributed by atoms with E-state index in [0.717, 1.165) is 30.1 Å². The summed E-state index contributed by atoms with van der Waals surface area (Å²) in [7, 11) is 0. The molecule has 0 aliphatic rings. The number of nitrogens with two attached hydrogens (primary N) is 2. The van der Waals surface area contributed by atoms with E-state index in [1.165, 1.54) is 0 Å². The Morgan fingerprint density at radius 1 is 1.00 bits per heavy atom. The van der Waals surface area contributed by atoms with Gasteiger partial charge in [0.15, 0.2) is 0 Å². The summed E-state index contributed by atoms with van der Waals surface area (Å²) in [6.45, 7) is 4.08. The molecule has 0 aliphatic heterocycles. The van der Waals surface area contributed by atoms with Crippen molar-refractivity contribution in [2.45, 2.75) is 33.1 Å². The van der Waals surface area contributed by atoms with Crippen LogP contribution >= 0.6 is 0 Å². The Hall–Kier alpha value is -2.18. The third-order valence-corrected chi connectivity index (χ3v) is 2.67. The Kier molecular flexibility index (Phi) is 3.40. The Labute approximate surface area is 105 Å². The van der Waals surface area contributed by atoms with Gasteiger partial charge in [0.05, 0.1) is 5.69 Å². The number of rotatable bonds is 4. The maximum absolute atomic E-state index is 5.52. The van der Waals surface area contributed by atoms with Crippen molar-refractivity contribution in [2.24, 2.45) is 0 Å². The molecule has 2 heterocycles. The summed E-state index contributed by atoms with van der Waals surface area (Å²) < 4.78 is 0. The third-order valence-electron chi connectivity index (χ3n) is 2.67. The van der Waals surface area contributed by atoms with E-state index in [4.69, 9.17) is 11.5 Å². The normalized spacial score (nSPS) is 10.8. The second kappa shape index (κ2) is 4.99. The molecule has 2 rings (SSSR count). The zero-order valence-electron chi connectivity index (χ0n) is 10.6. The fourth-order valence-electron chi connectivity index (χ4n) is 1.77. The zero-order valence-corrected chi connectivity index (χ0v) is 10.6. The van der Waals surface area contributed by atoms with Gasteiger partial charge in [0.25, 0.3) is 0 Å². The molecule has 0 unspecified atom stereocenters. The van der Waals surface area contributed by atoms with Gasteiger partial charge in [0.2, 0.25) is 11.9 Å². The number of anilines is 2. The SMILES string of the molecule is CCc1nc(CCc2nc(N)nc(N)n2)c(C)[nH]1. The molecular weight excluding hydrogens is 230 g/mol. The monoisotopic (exact) mass is 247 g/mol. The maximum Gasteiger partial charge on any atom is 0.225 e. The molecule has 0 amide bonds. The second-order valence-electron chi connectivity index (χ2n) is 4.08. The van der Waals surface area contributed by atoms with Gasteiger partial charge in [-0.15, -0.1) is 0 Å². The van der Waals surface area contributed by atoms with Crippen molar-refractivity contribution < 1.29 is 0 Å². The van der Waals surface area contributed by atoms with Crippen molar-refractivity contribution >= 4 is 11.9 Å². The standard InChI is InChI=1S/C11H17N7/c1-3-8-14-6(2)7(15-8)4-5-9-16-10(12)18-11(13)17-9/h3-5H2,1-2H3,(H,14,15)(H4,12,13,16,17,18). The molecule has 0 saturated carbocycles. The summed E-state index contributed by atoms with van der Waals surface area (Å²) >= 11 is 0. The Balaban J connectivity index is 2.08. The number of imidazole rings is 1. The Morgan fingerprint density at radius 2 is 1.67 bits per heavy atom. The number of nitrogen functional groups attached to an aromatic ring is 2. The molecule has 2 aromatic heterocycles. The lowest BCUT2D eigenvalue weighted by molar-refractivity contribution is 0.824. The van der Waals surface area contributed by atoms with Crippen molar-refractivity contribution in [2.75, 3.05) is 11.5 Å². The quantitative estimate of drug-likeness (QED) is 0.720. The molecule has 7 nitrogen and oxygen atoms in total. The second-order valence-corrected chi connectivity index (χ2v) is 4.08. The van der Waals surface area contributed by atoms with Crippen LogP contribution in [0.1, 0.15) is 30.0 Å². The number of aromatic amines is 1. The summed E-state index contributed by atoms with van der Waals surface area (Å²) in [4.78, 5) is 19.6. The molecule has 0 atom stereocenters. The molecule has 7 heteroatoms. The van der Waals surface area contributed by atoms with E-state index in [1.807, 2.05) is 6.92 Å². The molecule has 96 valence electrons. The topological polar surface area (TPSA) is 119 Å². The van der Waals surface area contributed by atoms with Crippen molar-refractivity contribution in [1.29, 1.82) is 0 Å². The summed E-state index contributed by atoms with van der Waals surface area (Å²) in [6, 6.07) is 0. The van der Waals surface area contributed by atoms with Crippen LogP contribution in [-0.4, -0.2) is 24.9 Å². The average Bonchev–Trinajstić information content (AvgIpc) is 2.66. The summed E-state index contributed by atoms with van der Waals surface area (Å²) in [5, 5.41) is 0. The maximum atomic E-state index is 5.52. The van der Waals surface area contributed by atoms with Gasteiger partial charge in [-0.25, -0.2) is 4.98 Å². The number of hydrogen-bond donors (Lipinski definition) is 3. The highest BCUT2D eigenvalue weighted by Crippen LogP contribution is 2.09. The molecule has 0 radical (unpaired) electrons. The van der Waals surface area contributed by atoms with E-state index < -0.39 is 0 Å². The van der Waals surface area contributed by atoms with Gasteiger partial charge in [0.1, 0.15) is 11.6 Å². The van der Waals surface area contributed by atoms with Gasteiger partial charge in [0, 0.05) is 18.5 Å². The van der Waals surface area contributed by atoms with Crippen LogP contribution in [0.25, 0.3) is 0 Å². The summed E-state index contributed by atoms with van der Waals surface area (Å²) in [5.41, 5.74) is 13.2. The van der Waals surface area contributed by atoms with Crippen LogP contribution in [0.2, 0.25) is 0 Å². The first-order valence-electron chi connectivity index (χ1n) is 5.88. The van der Waals surface area contributed by atoms with E-state index in [1.54, 1.807) is 0 Å². The predicted molar refractivity (Wildman–Crippen MR) is 68.8 cm³/mol. The molecule has 0 saturated heterocycles. The third kappa shape index (κ3) is 2.73. The van der Waals surface area contributed by atoms with Gasteiger partial charge in [-0.05, 0) is 13.3 Å². The lowest BCUT2D eigenvalue weighted by atomic mass is 10.2. The van der Waals surface area contributed by atoms with Gasteiger partial charge in [-0.3, -0.25) is 0 Å². The van der Waals surface area contributed by atoms with Crippen molar-refractivity contribution in [3.63, 3.8) is 0 Å². The molecule has 0 aliphatic carbocycles. The van der Waals surface area contributed by atoms with Crippen molar-refractivity contribution in [3.05, 3.63) is 23.0 Å². The van der Waals surface area contributed by atoms with Crippen molar-refractivity contribution in [3.8, 4) is 0 Å².